The van der Waals surface area contributed by atoms with Crippen LogP contribution in [0.2, 0.25) is 0 Å². The number of rotatable bonds is 5. The van der Waals surface area contributed by atoms with Gasteiger partial charge in [0.1, 0.15) is 0 Å². The summed E-state index contributed by atoms with van der Waals surface area (Å²) in [6.45, 7) is 1.51. The van der Waals surface area contributed by atoms with Gasteiger partial charge in [-0.05, 0) is 25.5 Å². The van der Waals surface area contributed by atoms with Gasteiger partial charge in [0, 0.05) is 13.1 Å². The molecule has 0 bridgehead atoms. The highest BCUT2D eigenvalue weighted by atomic mass is 35.5. The Bertz CT molecular complexity index is 388. The van der Waals surface area contributed by atoms with Crippen molar-refractivity contribution in [3.05, 3.63) is 35.9 Å². The van der Waals surface area contributed by atoms with E-state index in [1.54, 1.807) is 0 Å². The molecule has 1 aliphatic rings. The van der Waals surface area contributed by atoms with Crippen molar-refractivity contribution in [1.82, 2.24) is 10.6 Å². The van der Waals surface area contributed by atoms with Gasteiger partial charge in [0.2, 0.25) is 5.91 Å². The summed E-state index contributed by atoms with van der Waals surface area (Å²) in [5.74, 6) is 0.196. The number of hydrogen-bond acceptors (Lipinski definition) is 2. The minimum absolute atomic E-state index is 0. The van der Waals surface area contributed by atoms with Crippen molar-refractivity contribution >= 4 is 18.3 Å². The summed E-state index contributed by atoms with van der Waals surface area (Å²) in [7, 11) is 1.90. The zero-order valence-electron chi connectivity index (χ0n) is 11.4. The summed E-state index contributed by atoms with van der Waals surface area (Å²) in [5, 5.41) is 6.11. The van der Waals surface area contributed by atoms with Gasteiger partial charge in [0.15, 0.2) is 0 Å². The lowest BCUT2D eigenvalue weighted by Gasteiger charge is -2.28. The third-order valence-corrected chi connectivity index (χ3v) is 3.88. The van der Waals surface area contributed by atoms with Crippen molar-refractivity contribution in [3.8, 4) is 0 Å². The van der Waals surface area contributed by atoms with Crippen LogP contribution in [-0.2, 0) is 10.2 Å². The summed E-state index contributed by atoms with van der Waals surface area (Å²) in [5.41, 5.74) is 0.888. The van der Waals surface area contributed by atoms with E-state index < -0.39 is 0 Å². The monoisotopic (exact) mass is 282 g/mol. The largest absolute Gasteiger partial charge is 0.354 e. The van der Waals surface area contributed by atoms with Crippen molar-refractivity contribution in [1.29, 1.82) is 0 Å². The summed E-state index contributed by atoms with van der Waals surface area (Å²) in [4.78, 5) is 12.5. The van der Waals surface area contributed by atoms with Crippen molar-refractivity contribution in [3.63, 3.8) is 0 Å². The Morgan fingerprint density at radius 1 is 1.16 bits per heavy atom. The van der Waals surface area contributed by atoms with E-state index in [4.69, 9.17) is 0 Å². The van der Waals surface area contributed by atoms with Crippen molar-refractivity contribution in [2.24, 2.45) is 0 Å². The van der Waals surface area contributed by atoms with Gasteiger partial charge in [-0.1, -0.05) is 43.2 Å². The second-order valence-corrected chi connectivity index (χ2v) is 5.01. The average molecular weight is 283 g/mol. The second-order valence-electron chi connectivity index (χ2n) is 5.01. The van der Waals surface area contributed by atoms with Gasteiger partial charge in [-0.3, -0.25) is 4.79 Å². The number of hydrogen-bond donors (Lipinski definition) is 2. The Kier molecular flexibility index (Phi) is 6.32. The van der Waals surface area contributed by atoms with Crippen LogP contribution in [0.5, 0.6) is 0 Å². The smallest absolute Gasteiger partial charge is 0.230 e. The molecule has 0 saturated heterocycles. The molecule has 1 aromatic rings. The van der Waals surface area contributed by atoms with Gasteiger partial charge in [-0.2, -0.15) is 0 Å². The van der Waals surface area contributed by atoms with Crippen molar-refractivity contribution < 1.29 is 4.79 Å². The van der Waals surface area contributed by atoms with Gasteiger partial charge in [0.05, 0.1) is 5.41 Å². The molecule has 1 aliphatic carbocycles. The number of benzene rings is 1. The van der Waals surface area contributed by atoms with Crippen LogP contribution in [0.4, 0.5) is 0 Å². The summed E-state index contributed by atoms with van der Waals surface area (Å²) in [6.07, 6.45) is 4.24. The highest BCUT2D eigenvalue weighted by Gasteiger charge is 2.42. The molecule has 106 valence electrons. The van der Waals surface area contributed by atoms with E-state index in [1.807, 2.05) is 25.2 Å². The molecule has 0 atom stereocenters. The van der Waals surface area contributed by atoms with Crippen LogP contribution in [0.3, 0.4) is 0 Å². The third-order valence-electron chi connectivity index (χ3n) is 3.88. The predicted molar refractivity (Wildman–Crippen MR) is 80.8 cm³/mol. The summed E-state index contributed by atoms with van der Waals surface area (Å²) < 4.78 is 0. The summed E-state index contributed by atoms with van der Waals surface area (Å²) >= 11 is 0. The molecule has 1 saturated carbocycles. The highest BCUT2D eigenvalue weighted by Crippen LogP contribution is 2.41. The molecule has 4 heteroatoms. The lowest BCUT2D eigenvalue weighted by molar-refractivity contribution is -0.126. The van der Waals surface area contributed by atoms with Crippen molar-refractivity contribution in [2.45, 2.75) is 31.1 Å². The fourth-order valence-corrected chi connectivity index (χ4v) is 2.85. The maximum Gasteiger partial charge on any atom is 0.230 e. The Morgan fingerprint density at radius 2 is 1.79 bits per heavy atom. The normalized spacial score (nSPS) is 16.7. The van der Waals surface area contributed by atoms with Gasteiger partial charge in [-0.15, -0.1) is 12.4 Å². The molecule has 0 aromatic heterocycles. The molecular formula is C15H23ClN2O. The number of halogens is 1. The van der Waals surface area contributed by atoms with E-state index >= 15 is 0 Å². The Balaban J connectivity index is 0.00000180. The molecule has 0 heterocycles. The second kappa shape index (κ2) is 7.51. The van der Waals surface area contributed by atoms with E-state index in [2.05, 4.69) is 22.8 Å². The lowest BCUT2D eigenvalue weighted by Crippen LogP contribution is -2.44. The van der Waals surface area contributed by atoms with E-state index in [9.17, 15) is 4.79 Å². The quantitative estimate of drug-likeness (QED) is 0.814. The van der Waals surface area contributed by atoms with E-state index in [0.717, 1.165) is 32.2 Å². The Morgan fingerprint density at radius 3 is 2.37 bits per heavy atom. The average Bonchev–Trinajstić information content (AvgIpc) is 2.90. The number of carbonyl (C=O) groups is 1. The van der Waals surface area contributed by atoms with E-state index in [-0.39, 0.29) is 23.7 Å². The molecule has 0 spiro atoms. The van der Waals surface area contributed by atoms with Crippen LogP contribution in [-0.4, -0.2) is 26.0 Å². The Hall–Kier alpha value is -1.06. The molecule has 1 fully saturated rings. The van der Waals surface area contributed by atoms with Crippen LogP contribution in [0.25, 0.3) is 0 Å². The molecular weight excluding hydrogens is 260 g/mol. The van der Waals surface area contributed by atoms with Gasteiger partial charge >= 0.3 is 0 Å². The van der Waals surface area contributed by atoms with Gasteiger partial charge in [0.25, 0.3) is 0 Å². The third kappa shape index (κ3) is 3.48. The first-order valence-electron chi connectivity index (χ1n) is 6.78. The number of carbonyl (C=O) groups excluding carboxylic acids is 1. The van der Waals surface area contributed by atoms with E-state index in [0.29, 0.717) is 6.54 Å². The zero-order valence-corrected chi connectivity index (χ0v) is 12.3. The first-order chi connectivity index (χ1) is 8.79. The maximum absolute atomic E-state index is 12.5. The molecule has 0 unspecified atom stereocenters. The topological polar surface area (TPSA) is 41.1 Å². The van der Waals surface area contributed by atoms with E-state index in [1.165, 1.54) is 5.56 Å². The predicted octanol–water partition coefficient (Wildman–Crippen LogP) is 2.26. The van der Waals surface area contributed by atoms with Crippen LogP contribution in [0, 0.1) is 0 Å². The number of nitrogens with one attached hydrogen (secondary N) is 2. The van der Waals surface area contributed by atoms with Gasteiger partial charge in [-0.25, -0.2) is 0 Å². The van der Waals surface area contributed by atoms with Crippen LogP contribution < -0.4 is 10.6 Å². The molecule has 19 heavy (non-hydrogen) atoms. The standard InChI is InChI=1S/C15H22N2O.ClH/c1-16-11-12-17-14(18)15(9-5-6-10-15)13-7-3-2-4-8-13;/h2-4,7-8,16H,5-6,9-12H2,1H3,(H,17,18);1H. The molecule has 0 aliphatic heterocycles. The number of amides is 1. The zero-order chi connectivity index (χ0) is 12.8. The molecule has 3 nitrogen and oxygen atoms in total. The Labute approximate surface area is 121 Å². The lowest BCUT2D eigenvalue weighted by atomic mass is 9.78. The fourth-order valence-electron chi connectivity index (χ4n) is 2.85. The number of likely N-dealkylation sites (N-methyl/N-ethyl adjacent to an activating group) is 1. The van der Waals surface area contributed by atoms with Gasteiger partial charge < -0.3 is 10.6 Å². The fraction of sp³-hybridized carbons (Fsp3) is 0.533. The van der Waals surface area contributed by atoms with Crippen LogP contribution in [0.15, 0.2) is 30.3 Å². The summed E-state index contributed by atoms with van der Waals surface area (Å²) in [6, 6.07) is 10.2. The highest BCUT2D eigenvalue weighted by molar-refractivity contribution is 5.88. The SMILES string of the molecule is CNCCNC(=O)C1(c2ccccc2)CCCC1.Cl. The molecule has 1 amide bonds. The minimum atomic E-state index is -0.283. The van der Waals surface area contributed by atoms with Crippen molar-refractivity contribution in [2.75, 3.05) is 20.1 Å². The first kappa shape index (κ1) is 16.0. The minimum Gasteiger partial charge on any atom is -0.354 e. The molecule has 2 N–H and O–H groups in total. The van der Waals surface area contributed by atoms with Crippen LogP contribution >= 0.6 is 12.4 Å². The molecule has 1 aromatic carbocycles. The molecule has 2 rings (SSSR count). The molecule has 0 radical (unpaired) electrons. The van der Waals surface area contributed by atoms with Crippen LogP contribution in [0.1, 0.15) is 31.2 Å². The first-order valence-corrected chi connectivity index (χ1v) is 6.78. The maximum atomic E-state index is 12.5.